The number of methoxy groups -OCH3 is 1. The lowest BCUT2D eigenvalue weighted by molar-refractivity contribution is 0.123. The highest BCUT2D eigenvalue weighted by Gasteiger charge is 2.26. The first-order valence-electron chi connectivity index (χ1n) is 9.02. The average Bonchev–Trinajstić information content (AvgIpc) is 2.69. The zero-order valence-corrected chi connectivity index (χ0v) is 15.1. The Morgan fingerprint density at radius 2 is 2.08 bits per heavy atom. The largest absolute Gasteiger partial charge is 0.439 e. The van der Waals surface area contributed by atoms with Gasteiger partial charge in [0.25, 0.3) is 0 Å². The van der Waals surface area contributed by atoms with E-state index in [4.69, 9.17) is 9.47 Å². The molecule has 6 nitrogen and oxygen atoms in total. The predicted molar refractivity (Wildman–Crippen MR) is 101 cm³/mol. The number of piperidine rings is 1. The van der Waals surface area contributed by atoms with Gasteiger partial charge in [0.1, 0.15) is 5.75 Å². The molecule has 0 unspecified atom stereocenters. The summed E-state index contributed by atoms with van der Waals surface area (Å²) < 4.78 is 10.8. The van der Waals surface area contributed by atoms with Gasteiger partial charge in [-0.1, -0.05) is 18.2 Å². The van der Waals surface area contributed by atoms with Gasteiger partial charge in [0.2, 0.25) is 5.88 Å². The van der Waals surface area contributed by atoms with E-state index in [1.165, 1.54) is 0 Å². The van der Waals surface area contributed by atoms with Crippen LogP contribution in [-0.2, 0) is 4.74 Å². The van der Waals surface area contributed by atoms with Crippen LogP contribution in [0.3, 0.4) is 0 Å². The molecule has 26 heavy (non-hydrogen) atoms. The maximum absolute atomic E-state index is 12.6. The van der Waals surface area contributed by atoms with Crippen molar-refractivity contribution in [1.82, 2.24) is 9.88 Å². The molecule has 2 amide bonds. The summed E-state index contributed by atoms with van der Waals surface area (Å²) in [7, 11) is 1.69. The van der Waals surface area contributed by atoms with Crippen molar-refractivity contribution < 1.29 is 14.3 Å². The van der Waals surface area contributed by atoms with E-state index < -0.39 is 0 Å². The topological polar surface area (TPSA) is 63.7 Å². The number of amides is 2. The second-order valence-electron chi connectivity index (χ2n) is 6.35. The summed E-state index contributed by atoms with van der Waals surface area (Å²) in [5.41, 5.74) is 0.659. The minimum absolute atomic E-state index is 0.0793. The normalized spacial score (nSPS) is 17.0. The third kappa shape index (κ3) is 4.95. The number of hydrogen-bond acceptors (Lipinski definition) is 4. The number of nitrogens with zero attached hydrogens (tertiary/aromatic N) is 2. The lowest BCUT2D eigenvalue weighted by Crippen LogP contribution is -2.46. The first-order valence-corrected chi connectivity index (χ1v) is 9.02. The molecule has 0 radical (unpaired) electrons. The minimum Gasteiger partial charge on any atom is -0.439 e. The van der Waals surface area contributed by atoms with E-state index in [-0.39, 0.29) is 12.1 Å². The molecule has 0 saturated carbocycles. The Bertz CT molecular complexity index is 691. The summed E-state index contributed by atoms with van der Waals surface area (Å²) in [6.45, 7) is 1.45. The number of carbonyl (C=O) groups excluding carboxylic acids is 1. The number of aromatic nitrogens is 1. The molecule has 6 heteroatoms. The van der Waals surface area contributed by atoms with E-state index in [0.717, 1.165) is 38.0 Å². The number of anilines is 1. The zero-order chi connectivity index (χ0) is 18.2. The van der Waals surface area contributed by atoms with Crippen molar-refractivity contribution >= 4 is 11.7 Å². The Morgan fingerprint density at radius 1 is 1.23 bits per heavy atom. The first kappa shape index (κ1) is 18.2. The SMILES string of the molecule is COCC[C@H]1CCCCN1C(=O)Nc1ccc(Oc2ccccc2)nc1. The monoisotopic (exact) mass is 355 g/mol. The average molecular weight is 355 g/mol. The Hall–Kier alpha value is -2.60. The summed E-state index contributed by atoms with van der Waals surface area (Å²) in [5.74, 6) is 1.22. The maximum atomic E-state index is 12.6. The number of urea groups is 1. The van der Waals surface area contributed by atoms with Gasteiger partial charge in [0.15, 0.2) is 0 Å². The fraction of sp³-hybridized carbons (Fsp3) is 0.400. The number of para-hydroxylation sites is 1. The van der Waals surface area contributed by atoms with E-state index in [9.17, 15) is 4.79 Å². The Balaban J connectivity index is 1.58. The quantitative estimate of drug-likeness (QED) is 0.839. The number of pyridine rings is 1. The molecular formula is C20H25N3O3. The molecule has 1 aliphatic rings. The second-order valence-corrected chi connectivity index (χ2v) is 6.35. The summed E-state index contributed by atoms with van der Waals surface area (Å²) in [6, 6.07) is 13.2. The van der Waals surface area contributed by atoms with Crippen molar-refractivity contribution in [3.05, 3.63) is 48.7 Å². The van der Waals surface area contributed by atoms with Crippen LogP contribution < -0.4 is 10.1 Å². The second kappa shape index (κ2) is 9.20. The Morgan fingerprint density at radius 3 is 2.81 bits per heavy atom. The van der Waals surface area contributed by atoms with Gasteiger partial charge < -0.3 is 19.7 Å². The van der Waals surface area contributed by atoms with Crippen LogP contribution >= 0.6 is 0 Å². The van der Waals surface area contributed by atoms with Crippen molar-refractivity contribution in [3.8, 4) is 11.6 Å². The number of likely N-dealkylation sites (tertiary alicyclic amines) is 1. The summed E-state index contributed by atoms with van der Waals surface area (Å²) in [6.07, 6.45) is 5.71. The Labute approximate surface area is 154 Å². The lowest BCUT2D eigenvalue weighted by Gasteiger charge is -2.35. The highest BCUT2D eigenvalue weighted by molar-refractivity contribution is 5.89. The molecule has 1 N–H and O–H groups in total. The summed E-state index contributed by atoms with van der Waals surface area (Å²) in [5, 5.41) is 2.94. The number of benzene rings is 1. The molecule has 1 aromatic carbocycles. The number of ether oxygens (including phenoxy) is 2. The molecular weight excluding hydrogens is 330 g/mol. The van der Waals surface area contributed by atoms with Gasteiger partial charge in [-0.15, -0.1) is 0 Å². The van der Waals surface area contributed by atoms with Crippen molar-refractivity contribution in [2.75, 3.05) is 25.6 Å². The molecule has 1 fully saturated rings. The predicted octanol–water partition coefficient (Wildman–Crippen LogP) is 4.30. The van der Waals surface area contributed by atoms with Gasteiger partial charge in [-0.3, -0.25) is 0 Å². The molecule has 1 aliphatic heterocycles. The van der Waals surface area contributed by atoms with Crippen molar-refractivity contribution in [3.63, 3.8) is 0 Å². The summed E-state index contributed by atoms with van der Waals surface area (Å²) >= 11 is 0. The lowest BCUT2D eigenvalue weighted by atomic mass is 10.00. The van der Waals surface area contributed by atoms with Gasteiger partial charge in [0, 0.05) is 32.4 Å². The van der Waals surface area contributed by atoms with Gasteiger partial charge in [-0.2, -0.15) is 0 Å². The number of rotatable bonds is 6. The number of nitrogens with one attached hydrogen (secondary N) is 1. The highest BCUT2D eigenvalue weighted by Crippen LogP contribution is 2.22. The Kier molecular flexibility index (Phi) is 6.44. The van der Waals surface area contributed by atoms with Crippen LogP contribution in [0.2, 0.25) is 0 Å². The molecule has 1 atom stereocenters. The van der Waals surface area contributed by atoms with Gasteiger partial charge >= 0.3 is 6.03 Å². The van der Waals surface area contributed by atoms with Gasteiger partial charge in [-0.05, 0) is 43.9 Å². The van der Waals surface area contributed by atoms with Crippen LogP contribution in [-0.4, -0.2) is 42.2 Å². The van der Waals surface area contributed by atoms with E-state index in [2.05, 4.69) is 10.3 Å². The summed E-state index contributed by atoms with van der Waals surface area (Å²) in [4.78, 5) is 18.8. The van der Waals surface area contributed by atoms with Crippen molar-refractivity contribution in [2.45, 2.75) is 31.7 Å². The zero-order valence-electron chi connectivity index (χ0n) is 15.1. The van der Waals surface area contributed by atoms with Crippen LogP contribution in [0.1, 0.15) is 25.7 Å². The smallest absolute Gasteiger partial charge is 0.322 e. The third-order valence-electron chi connectivity index (χ3n) is 4.50. The molecule has 3 rings (SSSR count). The van der Waals surface area contributed by atoms with Crippen molar-refractivity contribution in [2.24, 2.45) is 0 Å². The van der Waals surface area contributed by atoms with Crippen molar-refractivity contribution in [1.29, 1.82) is 0 Å². The third-order valence-corrected chi connectivity index (χ3v) is 4.50. The molecule has 0 aliphatic carbocycles. The van der Waals surface area contributed by atoms with E-state index in [1.807, 2.05) is 35.2 Å². The number of carbonyl (C=O) groups is 1. The fourth-order valence-corrected chi connectivity index (χ4v) is 3.14. The van der Waals surface area contributed by atoms with Gasteiger partial charge in [-0.25, -0.2) is 9.78 Å². The molecule has 1 saturated heterocycles. The van der Waals surface area contributed by atoms with Crippen LogP contribution in [0.25, 0.3) is 0 Å². The van der Waals surface area contributed by atoms with Crippen LogP contribution in [0.4, 0.5) is 10.5 Å². The van der Waals surface area contributed by atoms with Crippen LogP contribution in [0, 0.1) is 0 Å². The van der Waals surface area contributed by atoms with Gasteiger partial charge in [0.05, 0.1) is 11.9 Å². The number of hydrogen-bond donors (Lipinski definition) is 1. The minimum atomic E-state index is -0.0793. The maximum Gasteiger partial charge on any atom is 0.322 e. The van der Waals surface area contributed by atoms with Crippen LogP contribution in [0.15, 0.2) is 48.7 Å². The standard InChI is InChI=1S/C20H25N3O3/c1-25-14-12-17-7-5-6-13-23(17)20(24)22-16-10-11-19(21-15-16)26-18-8-3-2-4-9-18/h2-4,8-11,15,17H,5-7,12-14H2,1H3,(H,22,24)/t17-/m1/s1. The molecule has 2 heterocycles. The van der Waals surface area contributed by atoms with Crippen LogP contribution in [0.5, 0.6) is 11.6 Å². The molecule has 138 valence electrons. The van der Waals surface area contributed by atoms with E-state index >= 15 is 0 Å². The highest BCUT2D eigenvalue weighted by atomic mass is 16.5. The molecule has 1 aromatic heterocycles. The van der Waals surface area contributed by atoms with E-state index in [0.29, 0.717) is 18.2 Å². The fourth-order valence-electron chi connectivity index (χ4n) is 3.14. The van der Waals surface area contributed by atoms with E-state index in [1.54, 1.807) is 25.4 Å². The molecule has 2 aromatic rings. The first-order chi connectivity index (χ1) is 12.8. The molecule has 0 bridgehead atoms. The molecule has 0 spiro atoms.